The summed E-state index contributed by atoms with van der Waals surface area (Å²) in [5, 5.41) is 2.79. The molecule has 2 heterocycles. The number of Topliss-reactive ketones (excluding diaryl/α,β-unsaturated/α-hetero) is 1. The van der Waals surface area contributed by atoms with Crippen molar-refractivity contribution >= 4 is 17.3 Å². The zero-order chi connectivity index (χ0) is 18.5. The molecule has 3 aromatic rings. The molecule has 0 saturated heterocycles. The lowest BCUT2D eigenvalue weighted by Crippen LogP contribution is -2.26. The quantitative estimate of drug-likeness (QED) is 0.664. The molecule has 0 saturated carbocycles. The van der Waals surface area contributed by atoms with Crippen molar-refractivity contribution in [1.29, 1.82) is 0 Å². The van der Waals surface area contributed by atoms with E-state index in [1.807, 2.05) is 19.1 Å². The van der Waals surface area contributed by atoms with Crippen LogP contribution in [0.15, 0.2) is 48.8 Å². The first-order chi connectivity index (χ1) is 12.5. The maximum absolute atomic E-state index is 13.2. The Bertz CT molecular complexity index is 932. The minimum atomic E-state index is -0.326. The molecule has 134 valence electrons. The molecular weight excluding hydrogens is 333 g/mol. The number of aryl methyl sites for hydroxylation is 1. The van der Waals surface area contributed by atoms with Crippen LogP contribution in [0.2, 0.25) is 0 Å². The van der Waals surface area contributed by atoms with Crippen LogP contribution >= 0.6 is 0 Å². The smallest absolute Gasteiger partial charge is 0.220 e. The van der Waals surface area contributed by atoms with Gasteiger partial charge in [0.2, 0.25) is 5.91 Å². The molecule has 2 aromatic heterocycles. The number of carbonyl (C=O) groups is 2. The van der Waals surface area contributed by atoms with Gasteiger partial charge in [0.25, 0.3) is 0 Å². The molecule has 1 N–H and O–H groups in total. The highest BCUT2D eigenvalue weighted by Gasteiger charge is 2.09. The molecule has 0 atom stereocenters. The van der Waals surface area contributed by atoms with E-state index in [4.69, 9.17) is 0 Å². The van der Waals surface area contributed by atoms with Gasteiger partial charge in [0.15, 0.2) is 5.78 Å². The predicted molar refractivity (Wildman–Crippen MR) is 96.6 cm³/mol. The van der Waals surface area contributed by atoms with Crippen molar-refractivity contribution in [3.8, 4) is 0 Å². The standard InChI is InChI=1S/C20H20FN3O2/c1-14-2-4-15(5-3-14)18(25)7-9-20(26)22-11-10-17-13-24-12-16(21)6-8-19(24)23-17/h2-6,8,12-13H,7,9-11H2,1H3,(H,22,26). The molecule has 1 aromatic carbocycles. The van der Waals surface area contributed by atoms with Crippen LogP contribution < -0.4 is 5.32 Å². The summed E-state index contributed by atoms with van der Waals surface area (Å²) < 4.78 is 14.8. The summed E-state index contributed by atoms with van der Waals surface area (Å²) in [6, 6.07) is 10.3. The highest BCUT2D eigenvalue weighted by molar-refractivity contribution is 5.97. The van der Waals surface area contributed by atoms with E-state index < -0.39 is 0 Å². The third kappa shape index (κ3) is 4.53. The number of aromatic nitrogens is 2. The number of benzene rings is 1. The maximum atomic E-state index is 13.2. The Labute approximate surface area is 150 Å². The van der Waals surface area contributed by atoms with Crippen molar-refractivity contribution in [2.75, 3.05) is 6.54 Å². The van der Waals surface area contributed by atoms with Crippen molar-refractivity contribution in [2.45, 2.75) is 26.2 Å². The van der Waals surface area contributed by atoms with Crippen molar-refractivity contribution in [2.24, 2.45) is 0 Å². The largest absolute Gasteiger partial charge is 0.356 e. The van der Waals surface area contributed by atoms with E-state index in [2.05, 4.69) is 10.3 Å². The lowest BCUT2D eigenvalue weighted by atomic mass is 10.1. The van der Waals surface area contributed by atoms with E-state index >= 15 is 0 Å². The zero-order valence-corrected chi connectivity index (χ0v) is 14.5. The van der Waals surface area contributed by atoms with E-state index in [-0.39, 0.29) is 30.3 Å². The lowest BCUT2D eigenvalue weighted by molar-refractivity contribution is -0.121. The summed E-state index contributed by atoms with van der Waals surface area (Å²) in [4.78, 5) is 28.3. The lowest BCUT2D eigenvalue weighted by Gasteiger charge is -2.04. The third-order valence-electron chi connectivity index (χ3n) is 4.12. The van der Waals surface area contributed by atoms with Gasteiger partial charge in [-0.05, 0) is 19.1 Å². The average Bonchev–Trinajstić information content (AvgIpc) is 3.02. The summed E-state index contributed by atoms with van der Waals surface area (Å²) in [7, 11) is 0. The molecule has 0 radical (unpaired) electrons. The Morgan fingerprint density at radius 2 is 1.85 bits per heavy atom. The highest BCUT2D eigenvalue weighted by atomic mass is 19.1. The van der Waals surface area contributed by atoms with Crippen molar-refractivity contribution in [3.63, 3.8) is 0 Å². The number of nitrogens with zero attached hydrogens (tertiary/aromatic N) is 2. The van der Waals surface area contributed by atoms with Crippen molar-refractivity contribution in [1.82, 2.24) is 14.7 Å². The second-order valence-electron chi connectivity index (χ2n) is 6.23. The van der Waals surface area contributed by atoms with Gasteiger partial charge in [0.1, 0.15) is 11.5 Å². The summed E-state index contributed by atoms with van der Waals surface area (Å²) in [6.07, 6.45) is 3.99. The Kier molecular flexibility index (Phi) is 5.41. The number of carbonyl (C=O) groups excluding carboxylic acids is 2. The molecule has 0 aliphatic rings. The Morgan fingerprint density at radius 1 is 1.08 bits per heavy atom. The fourth-order valence-electron chi connectivity index (χ4n) is 2.67. The number of halogens is 1. The van der Waals surface area contributed by atoms with E-state index in [1.165, 1.54) is 12.3 Å². The number of hydrogen-bond acceptors (Lipinski definition) is 3. The second kappa shape index (κ2) is 7.91. The monoisotopic (exact) mass is 353 g/mol. The Balaban J connectivity index is 1.43. The Morgan fingerprint density at radius 3 is 2.62 bits per heavy atom. The summed E-state index contributed by atoms with van der Waals surface area (Å²) in [5.74, 6) is -0.532. The first-order valence-electron chi connectivity index (χ1n) is 8.51. The van der Waals surface area contributed by atoms with Gasteiger partial charge in [0.05, 0.1) is 5.69 Å². The molecule has 0 fully saturated rings. The van der Waals surface area contributed by atoms with Gasteiger partial charge in [-0.3, -0.25) is 9.59 Å². The molecule has 6 heteroatoms. The first kappa shape index (κ1) is 17.8. The number of ketones is 1. The molecule has 1 amide bonds. The van der Waals surface area contributed by atoms with Crippen LogP contribution in [-0.4, -0.2) is 27.6 Å². The van der Waals surface area contributed by atoms with Crippen LogP contribution in [0.25, 0.3) is 5.65 Å². The summed E-state index contributed by atoms with van der Waals surface area (Å²) >= 11 is 0. The maximum Gasteiger partial charge on any atom is 0.220 e. The molecule has 26 heavy (non-hydrogen) atoms. The van der Waals surface area contributed by atoms with E-state index in [0.717, 1.165) is 11.3 Å². The van der Waals surface area contributed by atoms with Gasteiger partial charge in [0, 0.05) is 43.8 Å². The van der Waals surface area contributed by atoms with Gasteiger partial charge >= 0.3 is 0 Å². The van der Waals surface area contributed by atoms with E-state index in [1.54, 1.807) is 28.8 Å². The van der Waals surface area contributed by atoms with Crippen LogP contribution in [-0.2, 0) is 11.2 Å². The molecule has 5 nitrogen and oxygen atoms in total. The van der Waals surface area contributed by atoms with Crippen LogP contribution in [0, 0.1) is 12.7 Å². The van der Waals surface area contributed by atoms with Crippen LogP contribution in [0.1, 0.15) is 34.5 Å². The SMILES string of the molecule is Cc1ccc(C(=O)CCC(=O)NCCc2cn3cc(F)ccc3n2)cc1. The minimum Gasteiger partial charge on any atom is -0.356 e. The zero-order valence-electron chi connectivity index (χ0n) is 14.5. The number of amides is 1. The fraction of sp³-hybridized carbons (Fsp3) is 0.250. The number of fused-ring (bicyclic) bond motifs is 1. The van der Waals surface area contributed by atoms with Crippen LogP contribution in [0.4, 0.5) is 4.39 Å². The van der Waals surface area contributed by atoms with Crippen molar-refractivity contribution in [3.05, 3.63) is 71.4 Å². The average molecular weight is 353 g/mol. The van der Waals surface area contributed by atoms with Crippen LogP contribution in [0.5, 0.6) is 0 Å². The number of pyridine rings is 1. The predicted octanol–water partition coefficient (Wildman–Crippen LogP) is 3.10. The number of hydrogen-bond donors (Lipinski definition) is 1. The second-order valence-corrected chi connectivity index (χ2v) is 6.23. The molecular formula is C20H20FN3O2. The van der Waals surface area contributed by atoms with Crippen molar-refractivity contribution < 1.29 is 14.0 Å². The number of rotatable bonds is 7. The molecule has 0 aliphatic heterocycles. The van der Waals surface area contributed by atoms with Crippen LogP contribution in [0.3, 0.4) is 0 Å². The minimum absolute atomic E-state index is 0.0393. The number of nitrogens with one attached hydrogen (secondary N) is 1. The normalized spacial score (nSPS) is 10.8. The van der Waals surface area contributed by atoms with Gasteiger partial charge in [-0.2, -0.15) is 0 Å². The summed E-state index contributed by atoms with van der Waals surface area (Å²) in [6.45, 7) is 2.38. The van der Waals surface area contributed by atoms with Gasteiger partial charge in [-0.15, -0.1) is 0 Å². The highest BCUT2D eigenvalue weighted by Crippen LogP contribution is 2.09. The fourth-order valence-corrected chi connectivity index (χ4v) is 2.67. The molecule has 0 aliphatic carbocycles. The Hall–Kier alpha value is -3.02. The molecule has 3 rings (SSSR count). The van der Waals surface area contributed by atoms with E-state index in [9.17, 15) is 14.0 Å². The van der Waals surface area contributed by atoms with Gasteiger partial charge in [-0.25, -0.2) is 9.37 Å². The third-order valence-corrected chi connectivity index (χ3v) is 4.12. The number of imidazole rings is 1. The topological polar surface area (TPSA) is 63.5 Å². The summed E-state index contributed by atoms with van der Waals surface area (Å²) in [5.41, 5.74) is 3.15. The molecule has 0 unspecified atom stereocenters. The molecule has 0 spiro atoms. The van der Waals surface area contributed by atoms with Gasteiger partial charge in [-0.1, -0.05) is 29.8 Å². The van der Waals surface area contributed by atoms with Gasteiger partial charge < -0.3 is 9.72 Å². The first-order valence-corrected chi connectivity index (χ1v) is 8.51. The molecule has 0 bridgehead atoms. The van der Waals surface area contributed by atoms with E-state index in [0.29, 0.717) is 24.2 Å².